The number of hydrogen-bond acceptors (Lipinski definition) is 4. The molecule has 0 aliphatic carbocycles. The first-order valence-electron chi connectivity index (χ1n) is 11.8. The summed E-state index contributed by atoms with van der Waals surface area (Å²) in [5.41, 5.74) is 4.75. The van der Waals surface area contributed by atoms with Gasteiger partial charge in [-0.05, 0) is 74.5 Å². The largest absolute Gasteiger partial charge is 0.341 e. The zero-order valence-corrected chi connectivity index (χ0v) is 21.6. The number of para-hydroxylation sites is 1. The summed E-state index contributed by atoms with van der Waals surface area (Å²) in [4.78, 5) is 22.5. The second kappa shape index (κ2) is 10.6. The van der Waals surface area contributed by atoms with Crippen molar-refractivity contribution in [2.75, 3.05) is 5.32 Å². The summed E-state index contributed by atoms with van der Waals surface area (Å²) < 4.78 is 2.30. The van der Waals surface area contributed by atoms with E-state index < -0.39 is 0 Å². The molecule has 0 aliphatic rings. The van der Waals surface area contributed by atoms with Crippen LogP contribution in [0.4, 0.5) is 11.4 Å². The van der Waals surface area contributed by atoms with Crippen molar-refractivity contribution in [2.45, 2.75) is 30.5 Å². The molecule has 180 valence electrons. The molecule has 0 aliphatic heterocycles. The number of amides is 1. The van der Waals surface area contributed by atoms with E-state index in [1.807, 2.05) is 49.4 Å². The fraction of sp³-hybridized carbons (Fsp3) is 0.138. The van der Waals surface area contributed by atoms with Gasteiger partial charge in [-0.2, -0.15) is 0 Å². The van der Waals surface area contributed by atoms with Gasteiger partial charge in [-0.25, -0.2) is 4.98 Å². The number of benzene rings is 3. The molecule has 1 N–H and O–H groups in total. The van der Waals surface area contributed by atoms with Crippen LogP contribution in [0.1, 0.15) is 19.4 Å². The molecule has 0 saturated carbocycles. The summed E-state index contributed by atoms with van der Waals surface area (Å²) in [6, 6.07) is 26.0. The van der Waals surface area contributed by atoms with Gasteiger partial charge in [0.25, 0.3) is 0 Å². The number of nitrogens with one attached hydrogen (secondary N) is 1. The topological polar surface area (TPSA) is 59.3 Å². The highest BCUT2D eigenvalue weighted by Gasteiger charge is 2.16. The summed E-state index contributed by atoms with van der Waals surface area (Å²) in [5.74, 6) is -0.0353. The van der Waals surface area contributed by atoms with Crippen LogP contribution < -0.4 is 5.32 Å². The van der Waals surface area contributed by atoms with Crippen molar-refractivity contribution in [3.05, 3.63) is 95.8 Å². The van der Waals surface area contributed by atoms with E-state index in [0.29, 0.717) is 5.15 Å². The summed E-state index contributed by atoms with van der Waals surface area (Å²) in [7, 11) is 0. The van der Waals surface area contributed by atoms with Crippen molar-refractivity contribution in [2.24, 2.45) is 4.99 Å². The Morgan fingerprint density at radius 1 is 1.06 bits per heavy atom. The van der Waals surface area contributed by atoms with Gasteiger partial charge in [0.1, 0.15) is 5.15 Å². The molecular weight excluding hydrogens is 488 g/mol. The summed E-state index contributed by atoms with van der Waals surface area (Å²) in [5, 5.41) is 5.59. The number of anilines is 1. The van der Waals surface area contributed by atoms with Gasteiger partial charge in [-0.1, -0.05) is 29.8 Å². The van der Waals surface area contributed by atoms with E-state index >= 15 is 0 Å². The van der Waals surface area contributed by atoms with Gasteiger partial charge in [0.15, 0.2) is 0 Å². The summed E-state index contributed by atoms with van der Waals surface area (Å²) >= 11 is 7.59. The van der Waals surface area contributed by atoms with Crippen molar-refractivity contribution >= 4 is 68.7 Å². The highest BCUT2D eigenvalue weighted by atomic mass is 35.5. The van der Waals surface area contributed by atoms with Gasteiger partial charge in [0, 0.05) is 56.9 Å². The first-order chi connectivity index (χ1) is 17.5. The Bertz CT molecular complexity index is 1580. The molecule has 1 atom stereocenters. The molecule has 2 aromatic heterocycles. The number of nitrogens with zero attached hydrogens (tertiary/aromatic N) is 3. The number of aromatic nitrogens is 2. The third-order valence-electron chi connectivity index (χ3n) is 6.02. The molecule has 0 radical (unpaired) electrons. The first-order valence-corrected chi connectivity index (χ1v) is 13.0. The molecule has 3 aromatic carbocycles. The van der Waals surface area contributed by atoms with Crippen LogP contribution >= 0.6 is 23.4 Å². The van der Waals surface area contributed by atoms with E-state index in [2.05, 4.69) is 63.2 Å². The number of carbonyl (C=O) groups is 1. The number of fused-ring (bicyclic) bond motifs is 3. The zero-order chi connectivity index (χ0) is 25.1. The normalized spacial score (nSPS) is 12.4. The Kier molecular flexibility index (Phi) is 7.07. The van der Waals surface area contributed by atoms with Crippen molar-refractivity contribution in [1.82, 2.24) is 9.55 Å². The SMILES string of the molecule is CCn1c2ccccc2c2cc(NC(=O)[C@H](C)Sc3ccc(N=Cc4cccnc4Cl)cc3)ccc21. The standard InChI is InChI=1S/C29H25ClN4OS/c1-3-34-26-9-5-4-8-24(26)25-17-22(12-15-27(25)34)33-29(35)19(2)36-23-13-10-21(11-14-23)32-18-20-7-6-16-31-28(20)30/h4-19H,3H2,1-2H3,(H,33,35)/t19-/m0/s1. The van der Waals surface area contributed by atoms with Crippen molar-refractivity contribution in [3.63, 3.8) is 0 Å². The highest BCUT2D eigenvalue weighted by Crippen LogP contribution is 2.32. The second-order valence-corrected chi connectivity index (χ2v) is 10.2. The van der Waals surface area contributed by atoms with Crippen LogP contribution in [0.15, 0.2) is 94.9 Å². The lowest BCUT2D eigenvalue weighted by atomic mass is 10.1. The Balaban J connectivity index is 1.26. The Hall–Kier alpha value is -3.61. The molecule has 0 unspecified atom stereocenters. The maximum Gasteiger partial charge on any atom is 0.237 e. The van der Waals surface area contributed by atoms with Gasteiger partial charge in [0.05, 0.1) is 10.9 Å². The van der Waals surface area contributed by atoms with Gasteiger partial charge < -0.3 is 9.88 Å². The average molecular weight is 513 g/mol. The van der Waals surface area contributed by atoms with Crippen LogP contribution in [0.2, 0.25) is 5.15 Å². The molecule has 0 fully saturated rings. The van der Waals surface area contributed by atoms with E-state index in [9.17, 15) is 4.79 Å². The quantitative estimate of drug-likeness (QED) is 0.138. The Morgan fingerprint density at radius 2 is 1.83 bits per heavy atom. The van der Waals surface area contributed by atoms with E-state index in [4.69, 9.17) is 11.6 Å². The number of aryl methyl sites for hydroxylation is 1. The Morgan fingerprint density at radius 3 is 2.61 bits per heavy atom. The number of halogens is 1. The third-order valence-corrected chi connectivity index (χ3v) is 7.44. The lowest BCUT2D eigenvalue weighted by molar-refractivity contribution is -0.115. The molecular formula is C29H25ClN4OS. The lowest BCUT2D eigenvalue weighted by Crippen LogP contribution is -2.22. The zero-order valence-electron chi connectivity index (χ0n) is 20.0. The maximum absolute atomic E-state index is 13.0. The number of carbonyl (C=O) groups excluding carboxylic acids is 1. The average Bonchev–Trinajstić information content (AvgIpc) is 3.22. The lowest BCUT2D eigenvalue weighted by Gasteiger charge is -2.12. The van der Waals surface area contributed by atoms with Crippen LogP contribution in [0.3, 0.4) is 0 Å². The van der Waals surface area contributed by atoms with Crippen molar-refractivity contribution in [3.8, 4) is 0 Å². The molecule has 0 bridgehead atoms. The van der Waals surface area contributed by atoms with E-state index in [1.165, 1.54) is 28.2 Å². The molecule has 0 spiro atoms. The molecule has 7 heteroatoms. The van der Waals surface area contributed by atoms with E-state index in [0.717, 1.165) is 33.8 Å². The van der Waals surface area contributed by atoms with E-state index in [1.54, 1.807) is 12.4 Å². The van der Waals surface area contributed by atoms with Crippen LogP contribution in [-0.2, 0) is 11.3 Å². The second-order valence-electron chi connectivity index (χ2n) is 8.38. The highest BCUT2D eigenvalue weighted by molar-refractivity contribution is 8.00. The predicted octanol–water partition coefficient (Wildman–Crippen LogP) is 7.73. The minimum absolute atomic E-state index is 0.0353. The van der Waals surface area contributed by atoms with Crippen LogP contribution in [0.25, 0.3) is 21.8 Å². The fourth-order valence-corrected chi connectivity index (χ4v) is 5.26. The van der Waals surface area contributed by atoms with Crippen LogP contribution in [0, 0.1) is 0 Å². The summed E-state index contributed by atoms with van der Waals surface area (Å²) in [6.07, 6.45) is 3.34. The smallest absolute Gasteiger partial charge is 0.237 e. The molecule has 5 nitrogen and oxygen atoms in total. The summed E-state index contributed by atoms with van der Waals surface area (Å²) in [6.45, 7) is 4.96. The maximum atomic E-state index is 13.0. The number of rotatable bonds is 7. The first kappa shape index (κ1) is 24.1. The minimum Gasteiger partial charge on any atom is -0.341 e. The monoisotopic (exact) mass is 512 g/mol. The van der Waals surface area contributed by atoms with Crippen LogP contribution in [-0.4, -0.2) is 26.9 Å². The van der Waals surface area contributed by atoms with Gasteiger partial charge in [-0.3, -0.25) is 9.79 Å². The third kappa shape index (κ3) is 5.01. The molecule has 1 amide bonds. The fourth-order valence-electron chi connectivity index (χ4n) is 4.22. The minimum atomic E-state index is -0.263. The molecule has 0 saturated heterocycles. The van der Waals surface area contributed by atoms with Crippen LogP contribution in [0.5, 0.6) is 0 Å². The van der Waals surface area contributed by atoms with Crippen molar-refractivity contribution in [1.29, 1.82) is 0 Å². The number of thioether (sulfide) groups is 1. The number of aliphatic imine (C=N–C) groups is 1. The van der Waals surface area contributed by atoms with Gasteiger partial charge in [0.2, 0.25) is 5.91 Å². The number of hydrogen-bond donors (Lipinski definition) is 1. The number of pyridine rings is 1. The van der Waals surface area contributed by atoms with E-state index in [-0.39, 0.29) is 11.2 Å². The Labute approximate surface area is 219 Å². The molecule has 5 rings (SSSR count). The molecule has 5 aromatic rings. The molecule has 2 heterocycles. The predicted molar refractivity (Wildman–Crippen MR) is 152 cm³/mol. The van der Waals surface area contributed by atoms with Gasteiger partial charge in [-0.15, -0.1) is 11.8 Å². The van der Waals surface area contributed by atoms with Crippen molar-refractivity contribution < 1.29 is 4.79 Å². The molecule has 36 heavy (non-hydrogen) atoms. The van der Waals surface area contributed by atoms with Gasteiger partial charge >= 0.3 is 0 Å².